The Morgan fingerprint density at radius 1 is 1.32 bits per heavy atom. The van der Waals surface area contributed by atoms with Gasteiger partial charge in [-0.2, -0.15) is 9.97 Å². The molecule has 10 heteroatoms. The van der Waals surface area contributed by atoms with Crippen molar-refractivity contribution in [1.82, 2.24) is 24.9 Å². The molecule has 3 aromatic heterocycles. The van der Waals surface area contributed by atoms with E-state index in [9.17, 15) is 4.79 Å². The van der Waals surface area contributed by atoms with Crippen molar-refractivity contribution in [2.75, 3.05) is 10.6 Å². The number of nitrogens with one attached hydrogen (secondary N) is 3. The maximum Gasteiger partial charge on any atom is 0.231 e. The number of hydrogen-bond acceptors (Lipinski definition) is 8. The van der Waals surface area contributed by atoms with Crippen molar-refractivity contribution < 1.29 is 4.79 Å². The number of aryl methyl sites for hydroxylation is 1. The number of amides is 1. The highest BCUT2D eigenvalue weighted by Gasteiger charge is 2.15. The molecule has 1 unspecified atom stereocenters. The molecule has 144 valence electrons. The summed E-state index contributed by atoms with van der Waals surface area (Å²) in [5.41, 5.74) is 10.2. The molecule has 0 saturated heterocycles. The van der Waals surface area contributed by atoms with Gasteiger partial charge in [0.2, 0.25) is 11.9 Å². The largest absolute Gasteiger partial charge is 0.370 e. The van der Waals surface area contributed by atoms with Gasteiger partial charge in [0, 0.05) is 24.6 Å². The van der Waals surface area contributed by atoms with E-state index in [0.717, 1.165) is 28.1 Å². The van der Waals surface area contributed by atoms with E-state index in [1.54, 1.807) is 11.3 Å². The van der Waals surface area contributed by atoms with Gasteiger partial charge < -0.3 is 21.4 Å². The van der Waals surface area contributed by atoms with Gasteiger partial charge in [0.1, 0.15) is 11.3 Å². The van der Waals surface area contributed by atoms with Crippen molar-refractivity contribution in [1.29, 1.82) is 0 Å². The van der Waals surface area contributed by atoms with Crippen LogP contribution in [0.15, 0.2) is 23.7 Å². The molecule has 9 nitrogen and oxygen atoms in total. The van der Waals surface area contributed by atoms with Crippen molar-refractivity contribution >= 4 is 56.1 Å². The van der Waals surface area contributed by atoms with Gasteiger partial charge in [0.05, 0.1) is 15.7 Å². The predicted molar refractivity (Wildman–Crippen MR) is 111 cm³/mol. The molecule has 1 aromatic carbocycles. The molecule has 0 radical (unpaired) electrons. The predicted octanol–water partition coefficient (Wildman–Crippen LogP) is 2.94. The van der Waals surface area contributed by atoms with Crippen molar-refractivity contribution in [2.24, 2.45) is 5.73 Å². The van der Waals surface area contributed by atoms with Gasteiger partial charge in [-0.15, -0.1) is 11.3 Å². The van der Waals surface area contributed by atoms with Gasteiger partial charge in [-0.05, 0) is 25.1 Å². The van der Waals surface area contributed by atoms with E-state index in [1.807, 2.05) is 37.6 Å². The summed E-state index contributed by atoms with van der Waals surface area (Å²) in [4.78, 5) is 32.4. The second kappa shape index (κ2) is 7.39. The Morgan fingerprint density at radius 3 is 2.96 bits per heavy atom. The van der Waals surface area contributed by atoms with Crippen LogP contribution in [0.5, 0.6) is 0 Å². The first-order valence-electron chi connectivity index (χ1n) is 8.93. The molecule has 0 aliphatic carbocycles. The SMILES string of the molecule is CCc1nc2nc(Nc3ccc4ncsc4c3)nc(NC(C)CC(N)=O)c2[nH]1. The summed E-state index contributed by atoms with van der Waals surface area (Å²) in [5, 5.41) is 6.47. The summed E-state index contributed by atoms with van der Waals surface area (Å²) in [6, 6.07) is 5.71. The maximum absolute atomic E-state index is 11.2. The standard InChI is InChI=1S/C18H20N8OS/c1-3-14-23-15-16(21-9(2)6-13(19)27)25-18(26-17(15)24-14)22-10-4-5-11-12(7-10)28-8-20-11/h4-5,7-9H,3,6H2,1-2H3,(H2,19,27)(H3,21,22,23,24,25,26). The minimum absolute atomic E-state index is 0.176. The molecule has 0 fully saturated rings. The number of carbonyl (C=O) groups is 1. The summed E-state index contributed by atoms with van der Waals surface area (Å²) in [7, 11) is 0. The lowest BCUT2D eigenvalue weighted by Gasteiger charge is -2.14. The highest BCUT2D eigenvalue weighted by Crippen LogP contribution is 2.26. The van der Waals surface area contributed by atoms with Gasteiger partial charge in [-0.1, -0.05) is 6.92 Å². The third-order valence-corrected chi connectivity index (χ3v) is 5.00. The molecular weight excluding hydrogens is 376 g/mol. The lowest BCUT2D eigenvalue weighted by molar-refractivity contribution is -0.118. The molecule has 4 rings (SSSR count). The molecule has 3 heterocycles. The van der Waals surface area contributed by atoms with Crippen LogP contribution in [0.1, 0.15) is 26.1 Å². The molecule has 0 aliphatic rings. The van der Waals surface area contributed by atoms with Crippen LogP contribution < -0.4 is 16.4 Å². The zero-order valence-electron chi connectivity index (χ0n) is 15.5. The first kappa shape index (κ1) is 18.1. The minimum atomic E-state index is -0.375. The number of imidazole rings is 1. The first-order valence-corrected chi connectivity index (χ1v) is 9.81. The molecule has 0 aliphatic heterocycles. The molecule has 0 saturated carbocycles. The molecule has 0 spiro atoms. The molecule has 28 heavy (non-hydrogen) atoms. The summed E-state index contributed by atoms with van der Waals surface area (Å²) in [5.74, 6) is 1.44. The molecular formula is C18H20N8OS. The Balaban J connectivity index is 1.69. The molecule has 1 amide bonds. The molecule has 1 atom stereocenters. The van der Waals surface area contributed by atoms with Crippen molar-refractivity contribution in [3.8, 4) is 0 Å². The smallest absolute Gasteiger partial charge is 0.231 e. The zero-order valence-corrected chi connectivity index (χ0v) is 16.3. The zero-order chi connectivity index (χ0) is 19.7. The normalized spacial score (nSPS) is 12.4. The number of thiazole rings is 1. The van der Waals surface area contributed by atoms with Crippen LogP contribution in [0.2, 0.25) is 0 Å². The number of carbonyl (C=O) groups excluding carboxylic acids is 1. The fourth-order valence-electron chi connectivity index (χ4n) is 2.92. The second-order valence-electron chi connectivity index (χ2n) is 6.51. The number of nitrogens with zero attached hydrogens (tertiary/aromatic N) is 4. The number of rotatable bonds is 7. The lowest BCUT2D eigenvalue weighted by atomic mass is 10.2. The third-order valence-electron chi connectivity index (χ3n) is 4.21. The van der Waals surface area contributed by atoms with Gasteiger partial charge in [0.25, 0.3) is 0 Å². The fourth-order valence-corrected chi connectivity index (χ4v) is 3.64. The van der Waals surface area contributed by atoms with Gasteiger partial charge >= 0.3 is 0 Å². The Bertz CT molecular complexity index is 1150. The number of benzene rings is 1. The number of aromatic amines is 1. The van der Waals surface area contributed by atoms with Crippen LogP contribution >= 0.6 is 11.3 Å². The second-order valence-corrected chi connectivity index (χ2v) is 7.39. The van der Waals surface area contributed by atoms with E-state index in [1.165, 1.54) is 0 Å². The maximum atomic E-state index is 11.2. The van der Waals surface area contributed by atoms with Gasteiger partial charge in [-0.3, -0.25) is 4.79 Å². The summed E-state index contributed by atoms with van der Waals surface area (Å²) in [6.07, 6.45) is 0.947. The highest BCUT2D eigenvalue weighted by molar-refractivity contribution is 7.16. The van der Waals surface area contributed by atoms with E-state index >= 15 is 0 Å². The topological polar surface area (TPSA) is 134 Å². The van der Waals surface area contributed by atoms with Crippen molar-refractivity contribution in [3.05, 3.63) is 29.5 Å². The summed E-state index contributed by atoms with van der Waals surface area (Å²) < 4.78 is 1.08. The first-order chi connectivity index (χ1) is 13.5. The van der Waals surface area contributed by atoms with E-state index in [-0.39, 0.29) is 18.4 Å². The van der Waals surface area contributed by atoms with E-state index in [0.29, 0.717) is 22.9 Å². The van der Waals surface area contributed by atoms with E-state index in [4.69, 9.17) is 5.73 Å². The quantitative estimate of drug-likeness (QED) is 0.377. The Kier molecular flexibility index (Phi) is 4.78. The Labute approximate surface area is 164 Å². The number of primary amides is 1. The van der Waals surface area contributed by atoms with Crippen LogP contribution in [0, 0.1) is 0 Å². The lowest BCUT2D eigenvalue weighted by Crippen LogP contribution is -2.24. The average Bonchev–Trinajstić information content (AvgIpc) is 3.26. The molecule has 0 bridgehead atoms. The number of anilines is 3. The van der Waals surface area contributed by atoms with Crippen LogP contribution in [-0.2, 0) is 11.2 Å². The Morgan fingerprint density at radius 2 is 2.18 bits per heavy atom. The van der Waals surface area contributed by atoms with Crippen LogP contribution in [0.3, 0.4) is 0 Å². The third kappa shape index (κ3) is 3.72. The van der Waals surface area contributed by atoms with Gasteiger partial charge in [0.15, 0.2) is 11.5 Å². The number of hydrogen-bond donors (Lipinski definition) is 4. The van der Waals surface area contributed by atoms with Crippen LogP contribution in [-0.4, -0.2) is 36.9 Å². The molecule has 4 aromatic rings. The van der Waals surface area contributed by atoms with Crippen molar-refractivity contribution in [3.63, 3.8) is 0 Å². The fraction of sp³-hybridized carbons (Fsp3) is 0.278. The number of fused-ring (bicyclic) bond motifs is 2. The van der Waals surface area contributed by atoms with Crippen molar-refractivity contribution in [2.45, 2.75) is 32.7 Å². The van der Waals surface area contributed by atoms with Gasteiger partial charge in [-0.25, -0.2) is 9.97 Å². The average molecular weight is 396 g/mol. The van der Waals surface area contributed by atoms with E-state index < -0.39 is 0 Å². The minimum Gasteiger partial charge on any atom is -0.370 e. The summed E-state index contributed by atoms with van der Waals surface area (Å²) >= 11 is 1.57. The Hall–Kier alpha value is -3.27. The molecule has 5 N–H and O–H groups in total. The van der Waals surface area contributed by atoms with Crippen LogP contribution in [0.4, 0.5) is 17.5 Å². The van der Waals surface area contributed by atoms with E-state index in [2.05, 4.69) is 35.6 Å². The van der Waals surface area contributed by atoms with Crippen LogP contribution in [0.25, 0.3) is 21.4 Å². The highest BCUT2D eigenvalue weighted by atomic mass is 32.1. The monoisotopic (exact) mass is 396 g/mol. The number of nitrogens with two attached hydrogens (primary N) is 1. The summed E-state index contributed by atoms with van der Waals surface area (Å²) in [6.45, 7) is 3.89. The number of aromatic nitrogens is 5. The number of H-pyrrole nitrogens is 1.